The van der Waals surface area contributed by atoms with Gasteiger partial charge in [-0.05, 0) is 18.2 Å². The maximum Gasteiger partial charge on any atom is 0.416 e. The van der Waals surface area contributed by atoms with Crippen LogP contribution in [0.2, 0.25) is 0 Å². The molecule has 0 aliphatic heterocycles. The van der Waals surface area contributed by atoms with Crippen molar-refractivity contribution in [2.24, 2.45) is 0 Å². The van der Waals surface area contributed by atoms with Gasteiger partial charge in [0.1, 0.15) is 12.2 Å². The molecule has 0 fully saturated rings. The van der Waals surface area contributed by atoms with Gasteiger partial charge in [-0.3, -0.25) is 0 Å². The molecule has 2 aromatic heterocycles. The number of hydrogen-bond donors (Lipinski definition) is 1. The van der Waals surface area contributed by atoms with Crippen LogP contribution in [0, 0.1) is 0 Å². The third-order valence-corrected chi connectivity index (χ3v) is 2.64. The Kier molecular flexibility index (Phi) is 2.48. The Labute approximate surface area is 105 Å². The predicted molar refractivity (Wildman–Crippen MR) is 62.1 cm³/mol. The fourth-order valence-electron chi connectivity index (χ4n) is 1.74. The van der Waals surface area contributed by atoms with Crippen LogP contribution in [0.1, 0.15) is 5.56 Å². The fraction of sp³-hybridized carbons (Fsp3) is 0.0833. The van der Waals surface area contributed by atoms with Crippen LogP contribution >= 0.6 is 0 Å². The van der Waals surface area contributed by atoms with Crippen molar-refractivity contribution in [2.45, 2.75) is 6.18 Å². The first-order valence-corrected chi connectivity index (χ1v) is 5.36. The van der Waals surface area contributed by atoms with E-state index in [1.165, 1.54) is 24.8 Å². The van der Waals surface area contributed by atoms with Crippen molar-refractivity contribution in [3.8, 4) is 11.4 Å². The second-order valence-corrected chi connectivity index (χ2v) is 3.94. The number of nitrogens with zero attached hydrogens (tertiary/aromatic N) is 3. The molecule has 1 aromatic carbocycles. The Morgan fingerprint density at radius 2 is 1.79 bits per heavy atom. The second-order valence-electron chi connectivity index (χ2n) is 3.94. The third-order valence-electron chi connectivity index (χ3n) is 2.64. The second kappa shape index (κ2) is 4.04. The summed E-state index contributed by atoms with van der Waals surface area (Å²) in [6, 6.07) is 3.38. The van der Waals surface area contributed by atoms with Crippen molar-refractivity contribution in [3.05, 3.63) is 42.5 Å². The van der Waals surface area contributed by atoms with Gasteiger partial charge < -0.3 is 4.98 Å². The summed E-state index contributed by atoms with van der Waals surface area (Å²) in [6.45, 7) is 0. The summed E-state index contributed by atoms with van der Waals surface area (Å²) in [5, 5.41) is 0. The SMILES string of the molecule is FC(F)(F)c1ccc2nc(-c3cncnc3)[nH]c2c1. The molecule has 7 heteroatoms. The number of H-pyrrole nitrogens is 1. The van der Waals surface area contributed by atoms with Crippen LogP contribution in [0.15, 0.2) is 36.9 Å². The van der Waals surface area contributed by atoms with Crippen molar-refractivity contribution in [1.29, 1.82) is 0 Å². The molecule has 0 unspecified atom stereocenters. The van der Waals surface area contributed by atoms with E-state index in [0.29, 0.717) is 22.4 Å². The number of fused-ring (bicyclic) bond motifs is 1. The lowest BCUT2D eigenvalue weighted by atomic mass is 10.2. The standard InChI is InChI=1S/C12H7F3N4/c13-12(14,15)8-1-2-9-10(3-8)19-11(18-9)7-4-16-6-17-5-7/h1-6H,(H,18,19). The maximum absolute atomic E-state index is 12.6. The van der Waals surface area contributed by atoms with Gasteiger partial charge in [-0.1, -0.05) is 0 Å². The molecular formula is C12H7F3N4. The number of nitrogens with one attached hydrogen (secondary N) is 1. The van der Waals surface area contributed by atoms with Crippen molar-refractivity contribution in [2.75, 3.05) is 0 Å². The summed E-state index contributed by atoms with van der Waals surface area (Å²) in [5.41, 5.74) is 0.701. The van der Waals surface area contributed by atoms with E-state index < -0.39 is 11.7 Å². The van der Waals surface area contributed by atoms with Gasteiger partial charge in [-0.25, -0.2) is 15.0 Å². The molecule has 3 aromatic rings. The van der Waals surface area contributed by atoms with Gasteiger partial charge in [0.25, 0.3) is 0 Å². The molecule has 0 aliphatic carbocycles. The van der Waals surface area contributed by atoms with Crippen LogP contribution in [0.5, 0.6) is 0 Å². The number of benzene rings is 1. The summed E-state index contributed by atoms with van der Waals surface area (Å²) in [6.07, 6.45) is 0.0774. The molecule has 0 spiro atoms. The first-order chi connectivity index (χ1) is 9.04. The van der Waals surface area contributed by atoms with Crippen LogP contribution in [0.4, 0.5) is 13.2 Å². The highest BCUT2D eigenvalue weighted by molar-refractivity contribution is 5.79. The van der Waals surface area contributed by atoms with Crippen LogP contribution in [0.3, 0.4) is 0 Å². The molecule has 2 heterocycles. The zero-order valence-electron chi connectivity index (χ0n) is 9.44. The fourth-order valence-corrected chi connectivity index (χ4v) is 1.74. The molecule has 96 valence electrons. The lowest BCUT2D eigenvalue weighted by Crippen LogP contribution is -2.04. The zero-order valence-corrected chi connectivity index (χ0v) is 9.44. The van der Waals surface area contributed by atoms with Crippen LogP contribution in [-0.4, -0.2) is 19.9 Å². The van der Waals surface area contributed by atoms with Crippen molar-refractivity contribution < 1.29 is 13.2 Å². The molecule has 1 N–H and O–H groups in total. The van der Waals surface area contributed by atoms with E-state index in [2.05, 4.69) is 19.9 Å². The summed E-state index contributed by atoms with van der Waals surface area (Å²) in [7, 11) is 0. The van der Waals surface area contributed by atoms with E-state index in [9.17, 15) is 13.2 Å². The predicted octanol–water partition coefficient (Wildman–Crippen LogP) is 3.04. The summed E-state index contributed by atoms with van der Waals surface area (Å²) < 4.78 is 37.8. The molecule has 0 amide bonds. The van der Waals surface area contributed by atoms with E-state index in [1.807, 2.05) is 0 Å². The Hall–Kier alpha value is -2.44. The highest BCUT2D eigenvalue weighted by Crippen LogP contribution is 2.31. The van der Waals surface area contributed by atoms with Gasteiger partial charge in [-0.2, -0.15) is 13.2 Å². The molecule has 0 atom stereocenters. The normalized spacial score (nSPS) is 11.9. The third kappa shape index (κ3) is 2.14. The van der Waals surface area contributed by atoms with Gasteiger partial charge in [-0.15, -0.1) is 0 Å². The first-order valence-electron chi connectivity index (χ1n) is 5.36. The molecule has 19 heavy (non-hydrogen) atoms. The van der Waals surface area contributed by atoms with Gasteiger partial charge in [0, 0.05) is 12.4 Å². The summed E-state index contributed by atoms with van der Waals surface area (Å²) >= 11 is 0. The monoisotopic (exact) mass is 264 g/mol. The summed E-state index contributed by atoms with van der Waals surface area (Å²) in [4.78, 5) is 14.7. The highest BCUT2D eigenvalue weighted by atomic mass is 19.4. The maximum atomic E-state index is 12.6. The number of halogens is 3. The number of alkyl halides is 3. The quantitative estimate of drug-likeness (QED) is 0.735. The largest absolute Gasteiger partial charge is 0.416 e. The Bertz CT molecular complexity index is 719. The minimum atomic E-state index is -4.37. The van der Waals surface area contributed by atoms with Crippen LogP contribution in [-0.2, 0) is 6.18 Å². The average molecular weight is 264 g/mol. The number of aromatic amines is 1. The van der Waals surface area contributed by atoms with Crippen molar-refractivity contribution in [3.63, 3.8) is 0 Å². The van der Waals surface area contributed by atoms with E-state index >= 15 is 0 Å². The number of hydrogen-bond acceptors (Lipinski definition) is 3. The van der Waals surface area contributed by atoms with Gasteiger partial charge >= 0.3 is 6.18 Å². The van der Waals surface area contributed by atoms with E-state index in [0.717, 1.165) is 12.1 Å². The molecule has 0 bridgehead atoms. The van der Waals surface area contributed by atoms with Crippen molar-refractivity contribution >= 4 is 11.0 Å². The summed E-state index contributed by atoms with van der Waals surface area (Å²) in [5.74, 6) is 0.440. The van der Waals surface area contributed by atoms with E-state index in [4.69, 9.17) is 0 Å². The first kappa shape index (κ1) is 11.6. The Balaban J connectivity index is 2.12. The molecule has 0 radical (unpaired) electrons. The average Bonchev–Trinajstić information content (AvgIpc) is 2.81. The highest BCUT2D eigenvalue weighted by Gasteiger charge is 2.30. The lowest BCUT2D eigenvalue weighted by Gasteiger charge is -2.05. The van der Waals surface area contributed by atoms with Crippen molar-refractivity contribution in [1.82, 2.24) is 19.9 Å². The topological polar surface area (TPSA) is 54.5 Å². The van der Waals surface area contributed by atoms with E-state index in [1.54, 1.807) is 0 Å². The van der Waals surface area contributed by atoms with Gasteiger partial charge in [0.15, 0.2) is 0 Å². The molecule has 4 nitrogen and oxygen atoms in total. The molecule has 0 saturated heterocycles. The molecule has 0 aliphatic rings. The smallest absolute Gasteiger partial charge is 0.338 e. The Morgan fingerprint density at radius 3 is 2.47 bits per heavy atom. The zero-order chi connectivity index (χ0) is 13.5. The minimum Gasteiger partial charge on any atom is -0.338 e. The van der Waals surface area contributed by atoms with Gasteiger partial charge in [0.2, 0.25) is 0 Å². The molecule has 3 rings (SSSR count). The van der Waals surface area contributed by atoms with Crippen LogP contribution in [0.25, 0.3) is 22.4 Å². The van der Waals surface area contributed by atoms with E-state index in [-0.39, 0.29) is 0 Å². The number of rotatable bonds is 1. The number of imidazole rings is 1. The number of aromatic nitrogens is 4. The molecule has 0 saturated carbocycles. The van der Waals surface area contributed by atoms with Gasteiger partial charge in [0.05, 0.1) is 22.2 Å². The Morgan fingerprint density at radius 1 is 1.05 bits per heavy atom. The minimum absolute atomic E-state index is 0.327. The lowest BCUT2D eigenvalue weighted by molar-refractivity contribution is -0.137. The van der Waals surface area contributed by atoms with Crippen LogP contribution < -0.4 is 0 Å². The molecular weight excluding hydrogens is 257 g/mol.